The Bertz CT molecular complexity index is 297. The van der Waals surface area contributed by atoms with Crippen molar-refractivity contribution in [3.63, 3.8) is 0 Å². The van der Waals surface area contributed by atoms with E-state index in [9.17, 15) is 0 Å². The number of ether oxygens (including phenoxy) is 1. The minimum absolute atomic E-state index is 0.0683. The molecule has 64 valence electrons. The normalized spacial score (nSPS) is 25.0. The molecule has 0 amide bonds. The first kappa shape index (κ1) is 6.72. The summed E-state index contributed by atoms with van der Waals surface area (Å²) in [6, 6.07) is 4.28. The second-order valence-corrected chi connectivity index (χ2v) is 3.81. The quantitative estimate of drug-likeness (QED) is 0.572. The van der Waals surface area contributed by atoms with Crippen molar-refractivity contribution in [3.05, 3.63) is 24.0 Å². The standard InChI is InChI=1S/C10H13NO/c1-2-6-10(5-1)11-7-3-4-9(11)8-12-10/h3-4,7H,1-2,5-6,8H2. The lowest BCUT2D eigenvalue weighted by atomic mass is 10.2. The van der Waals surface area contributed by atoms with Crippen molar-refractivity contribution < 1.29 is 4.74 Å². The zero-order chi connectivity index (χ0) is 8.02. The lowest BCUT2D eigenvalue weighted by molar-refractivity contribution is -0.0758. The van der Waals surface area contributed by atoms with Crippen molar-refractivity contribution in [2.45, 2.75) is 38.0 Å². The molecule has 1 aliphatic heterocycles. The van der Waals surface area contributed by atoms with Crippen molar-refractivity contribution in [2.75, 3.05) is 0 Å². The van der Waals surface area contributed by atoms with Gasteiger partial charge in [0.2, 0.25) is 0 Å². The van der Waals surface area contributed by atoms with Gasteiger partial charge in [-0.2, -0.15) is 0 Å². The van der Waals surface area contributed by atoms with Crippen LogP contribution in [0.1, 0.15) is 31.4 Å². The minimum Gasteiger partial charge on any atom is -0.349 e. The molecule has 12 heavy (non-hydrogen) atoms. The van der Waals surface area contributed by atoms with Crippen molar-refractivity contribution in [1.82, 2.24) is 4.57 Å². The van der Waals surface area contributed by atoms with Gasteiger partial charge >= 0.3 is 0 Å². The number of fused-ring (bicyclic) bond motifs is 2. The highest BCUT2D eigenvalue weighted by Gasteiger charge is 2.41. The zero-order valence-corrected chi connectivity index (χ0v) is 7.12. The number of hydrogen-bond donors (Lipinski definition) is 0. The zero-order valence-electron chi connectivity index (χ0n) is 7.12. The molecule has 1 fully saturated rings. The topological polar surface area (TPSA) is 14.2 Å². The van der Waals surface area contributed by atoms with E-state index in [2.05, 4.69) is 22.9 Å². The van der Waals surface area contributed by atoms with E-state index in [-0.39, 0.29) is 5.72 Å². The lowest BCUT2D eigenvalue weighted by Crippen LogP contribution is -2.27. The summed E-state index contributed by atoms with van der Waals surface area (Å²) in [6.07, 6.45) is 7.20. The van der Waals surface area contributed by atoms with Crippen molar-refractivity contribution >= 4 is 0 Å². The first-order valence-corrected chi connectivity index (χ1v) is 4.71. The first-order valence-electron chi connectivity index (χ1n) is 4.71. The largest absolute Gasteiger partial charge is 0.349 e. The molecule has 1 aromatic heterocycles. The molecule has 3 rings (SSSR count). The fourth-order valence-electron chi connectivity index (χ4n) is 2.52. The second kappa shape index (κ2) is 2.13. The number of aromatic nitrogens is 1. The molecule has 2 nitrogen and oxygen atoms in total. The average Bonchev–Trinajstić information content (AvgIpc) is 2.76. The number of hydrogen-bond acceptors (Lipinski definition) is 1. The summed E-state index contributed by atoms with van der Waals surface area (Å²) < 4.78 is 8.21. The monoisotopic (exact) mass is 163 g/mol. The van der Waals surface area contributed by atoms with Gasteiger partial charge in [-0.3, -0.25) is 0 Å². The smallest absolute Gasteiger partial charge is 0.145 e. The molecule has 0 aromatic carbocycles. The van der Waals surface area contributed by atoms with E-state index in [1.807, 2.05) is 0 Å². The Balaban J connectivity index is 2.09. The third kappa shape index (κ3) is 0.686. The van der Waals surface area contributed by atoms with E-state index in [0.29, 0.717) is 0 Å². The van der Waals surface area contributed by atoms with Crippen LogP contribution in [0.5, 0.6) is 0 Å². The van der Waals surface area contributed by atoms with E-state index in [1.165, 1.54) is 31.4 Å². The van der Waals surface area contributed by atoms with Crippen molar-refractivity contribution in [3.8, 4) is 0 Å². The van der Waals surface area contributed by atoms with E-state index >= 15 is 0 Å². The van der Waals surface area contributed by atoms with Crippen LogP contribution in [0.25, 0.3) is 0 Å². The molecule has 1 saturated carbocycles. The molecule has 1 aliphatic carbocycles. The maximum absolute atomic E-state index is 5.87. The van der Waals surface area contributed by atoms with Crippen LogP contribution in [0.4, 0.5) is 0 Å². The van der Waals surface area contributed by atoms with Crippen molar-refractivity contribution in [1.29, 1.82) is 0 Å². The molecule has 2 heteroatoms. The van der Waals surface area contributed by atoms with E-state index in [0.717, 1.165) is 6.61 Å². The lowest BCUT2D eigenvalue weighted by Gasteiger charge is -2.24. The second-order valence-electron chi connectivity index (χ2n) is 3.81. The van der Waals surface area contributed by atoms with Gasteiger partial charge in [-0.05, 0) is 37.8 Å². The summed E-state index contributed by atoms with van der Waals surface area (Å²) >= 11 is 0. The molecule has 0 saturated heterocycles. The van der Waals surface area contributed by atoms with Gasteiger partial charge in [-0.15, -0.1) is 0 Å². The van der Waals surface area contributed by atoms with Gasteiger partial charge < -0.3 is 9.30 Å². The molecule has 0 unspecified atom stereocenters. The third-order valence-corrected chi connectivity index (χ3v) is 3.15. The highest BCUT2D eigenvalue weighted by Crippen LogP contribution is 2.42. The Hall–Kier alpha value is -0.760. The van der Waals surface area contributed by atoms with Gasteiger partial charge in [-0.1, -0.05) is 0 Å². The Morgan fingerprint density at radius 3 is 3.00 bits per heavy atom. The minimum atomic E-state index is 0.0683. The van der Waals surface area contributed by atoms with Crippen LogP contribution in [0, 0.1) is 0 Å². The maximum atomic E-state index is 5.87. The molecule has 0 bridgehead atoms. The fraction of sp³-hybridized carbons (Fsp3) is 0.600. The Kier molecular flexibility index (Phi) is 1.20. The number of nitrogens with zero attached hydrogens (tertiary/aromatic N) is 1. The van der Waals surface area contributed by atoms with Crippen LogP contribution in [0.3, 0.4) is 0 Å². The summed E-state index contributed by atoms with van der Waals surface area (Å²) in [5, 5.41) is 0. The summed E-state index contributed by atoms with van der Waals surface area (Å²) in [7, 11) is 0. The predicted molar refractivity (Wildman–Crippen MR) is 45.7 cm³/mol. The van der Waals surface area contributed by atoms with Crippen LogP contribution in [-0.2, 0) is 17.1 Å². The van der Waals surface area contributed by atoms with E-state index in [4.69, 9.17) is 4.74 Å². The van der Waals surface area contributed by atoms with Crippen molar-refractivity contribution in [2.24, 2.45) is 0 Å². The van der Waals surface area contributed by atoms with Gasteiger partial charge in [-0.25, -0.2) is 0 Å². The maximum Gasteiger partial charge on any atom is 0.145 e. The third-order valence-electron chi connectivity index (χ3n) is 3.15. The van der Waals surface area contributed by atoms with Crippen LogP contribution in [0.15, 0.2) is 18.3 Å². The number of rotatable bonds is 0. The van der Waals surface area contributed by atoms with Gasteiger partial charge in [0.05, 0.1) is 6.61 Å². The molecule has 1 aromatic rings. The molecular weight excluding hydrogens is 150 g/mol. The van der Waals surface area contributed by atoms with Gasteiger partial charge in [0.15, 0.2) is 0 Å². The first-order chi connectivity index (χ1) is 5.91. The summed E-state index contributed by atoms with van der Waals surface area (Å²) in [5.41, 5.74) is 1.41. The van der Waals surface area contributed by atoms with Crippen LogP contribution >= 0.6 is 0 Å². The predicted octanol–water partition coefficient (Wildman–Crippen LogP) is 2.25. The van der Waals surface area contributed by atoms with Crippen LogP contribution in [0.2, 0.25) is 0 Å². The molecular formula is C10H13NO. The Morgan fingerprint density at radius 2 is 2.17 bits per heavy atom. The SMILES string of the molecule is c1cc2n(c1)C1(CCCC1)OC2. The van der Waals surface area contributed by atoms with Gasteiger partial charge in [0.25, 0.3) is 0 Å². The Morgan fingerprint density at radius 1 is 1.33 bits per heavy atom. The molecule has 0 N–H and O–H groups in total. The van der Waals surface area contributed by atoms with E-state index in [1.54, 1.807) is 0 Å². The highest BCUT2D eigenvalue weighted by molar-refractivity contribution is 5.13. The molecule has 1 spiro atoms. The fourth-order valence-corrected chi connectivity index (χ4v) is 2.52. The molecule has 2 heterocycles. The van der Waals surface area contributed by atoms with Crippen LogP contribution in [-0.4, -0.2) is 4.57 Å². The molecule has 0 atom stereocenters. The van der Waals surface area contributed by atoms with E-state index < -0.39 is 0 Å². The highest BCUT2D eigenvalue weighted by atomic mass is 16.5. The Labute approximate surface area is 72.1 Å². The average molecular weight is 163 g/mol. The van der Waals surface area contributed by atoms with Crippen LogP contribution < -0.4 is 0 Å². The summed E-state index contributed by atoms with van der Waals surface area (Å²) in [6.45, 7) is 0.812. The summed E-state index contributed by atoms with van der Waals surface area (Å²) in [4.78, 5) is 0. The molecule has 2 aliphatic rings. The van der Waals surface area contributed by atoms with Gasteiger partial charge in [0, 0.05) is 11.9 Å². The molecule has 0 radical (unpaired) electrons. The van der Waals surface area contributed by atoms with Gasteiger partial charge in [0.1, 0.15) is 5.72 Å². The summed E-state index contributed by atoms with van der Waals surface area (Å²) in [5.74, 6) is 0.